The maximum absolute atomic E-state index is 11.3. The molecule has 16 heavy (non-hydrogen) atoms. The number of hydrogen-bond donors (Lipinski definition) is 1. The smallest absolute Gasteiger partial charge is 0.147 e. The fourth-order valence-corrected chi connectivity index (χ4v) is 1.98. The SMILES string of the molecule is CC(=O)C(Br)c1cccc(CO)c1CC#N. The van der Waals surface area contributed by atoms with E-state index in [1.165, 1.54) is 6.92 Å². The molecule has 1 aromatic rings. The minimum Gasteiger partial charge on any atom is -0.392 e. The van der Waals surface area contributed by atoms with Crippen LogP contribution in [0.1, 0.15) is 28.4 Å². The van der Waals surface area contributed by atoms with Crippen molar-refractivity contribution in [2.45, 2.75) is 24.8 Å². The molecule has 84 valence electrons. The van der Waals surface area contributed by atoms with Crippen LogP contribution in [0.3, 0.4) is 0 Å². The molecule has 0 spiro atoms. The van der Waals surface area contributed by atoms with Crippen molar-refractivity contribution in [3.8, 4) is 6.07 Å². The Morgan fingerprint density at radius 1 is 1.62 bits per heavy atom. The van der Waals surface area contributed by atoms with Crippen LogP contribution in [0.5, 0.6) is 0 Å². The molecule has 0 aliphatic rings. The first-order chi connectivity index (χ1) is 7.61. The van der Waals surface area contributed by atoms with Crippen LogP contribution in [0.4, 0.5) is 0 Å². The second kappa shape index (κ2) is 5.78. The molecule has 1 N–H and O–H groups in total. The summed E-state index contributed by atoms with van der Waals surface area (Å²) in [6.07, 6.45) is 0.196. The highest BCUT2D eigenvalue weighted by molar-refractivity contribution is 9.09. The van der Waals surface area contributed by atoms with Crippen molar-refractivity contribution in [2.24, 2.45) is 0 Å². The standard InChI is InChI=1S/C12H12BrNO2/c1-8(16)12(13)11-4-2-3-9(7-15)10(11)5-6-14/h2-4,12,15H,5,7H2,1H3. The van der Waals surface area contributed by atoms with Gasteiger partial charge in [-0.15, -0.1) is 0 Å². The van der Waals surface area contributed by atoms with Gasteiger partial charge in [-0.05, 0) is 23.6 Å². The molecule has 3 nitrogen and oxygen atoms in total. The fourth-order valence-electron chi connectivity index (χ4n) is 1.55. The molecule has 0 aromatic heterocycles. The van der Waals surface area contributed by atoms with E-state index in [1.807, 2.05) is 6.07 Å². The highest BCUT2D eigenvalue weighted by atomic mass is 79.9. The van der Waals surface area contributed by atoms with E-state index in [1.54, 1.807) is 18.2 Å². The number of ketones is 1. The lowest BCUT2D eigenvalue weighted by Gasteiger charge is -2.14. The van der Waals surface area contributed by atoms with Gasteiger partial charge in [-0.25, -0.2) is 0 Å². The molecule has 0 saturated heterocycles. The normalized spacial score (nSPS) is 11.9. The van der Waals surface area contributed by atoms with Crippen LogP contribution in [0, 0.1) is 11.3 Å². The zero-order valence-corrected chi connectivity index (χ0v) is 10.5. The topological polar surface area (TPSA) is 61.1 Å². The average Bonchev–Trinajstić information content (AvgIpc) is 2.28. The number of aliphatic hydroxyl groups excluding tert-OH is 1. The molecule has 0 aliphatic carbocycles. The highest BCUT2D eigenvalue weighted by Crippen LogP contribution is 2.29. The average molecular weight is 282 g/mol. The summed E-state index contributed by atoms with van der Waals surface area (Å²) in [7, 11) is 0. The third-order valence-corrected chi connectivity index (χ3v) is 3.50. The van der Waals surface area contributed by atoms with Gasteiger partial charge < -0.3 is 5.11 Å². The Labute approximate surface area is 103 Å². The summed E-state index contributed by atoms with van der Waals surface area (Å²) in [4.78, 5) is 10.9. The summed E-state index contributed by atoms with van der Waals surface area (Å²) in [5, 5.41) is 17.9. The van der Waals surface area contributed by atoms with Gasteiger partial charge in [0.2, 0.25) is 0 Å². The minimum atomic E-state index is -0.414. The number of benzene rings is 1. The molecule has 0 heterocycles. The van der Waals surface area contributed by atoms with Crippen molar-refractivity contribution in [1.82, 2.24) is 0 Å². The lowest BCUT2D eigenvalue weighted by Crippen LogP contribution is -2.07. The van der Waals surface area contributed by atoms with Crippen LogP contribution >= 0.6 is 15.9 Å². The van der Waals surface area contributed by atoms with E-state index in [0.29, 0.717) is 5.56 Å². The van der Waals surface area contributed by atoms with Gasteiger partial charge in [0.15, 0.2) is 0 Å². The fraction of sp³-hybridized carbons (Fsp3) is 0.333. The molecular weight excluding hydrogens is 270 g/mol. The first-order valence-corrected chi connectivity index (χ1v) is 5.76. The van der Waals surface area contributed by atoms with Gasteiger partial charge in [-0.3, -0.25) is 4.79 Å². The number of aliphatic hydroxyl groups is 1. The Morgan fingerprint density at radius 2 is 2.31 bits per heavy atom. The molecule has 4 heteroatoms. The second-order valence-corrected chi connectivity index (χ2v) is 4.37. The Hall–Kier alpha value is -1.18. The number of carbonyl (C=O) groups excluding carboxylic acids is 1. The molecule has 0 fully saturated rings. The van der Waals surface area contributed by atoms with Crippen LogP contribution in [-0.2, 0) is 17.8 Å². The van der Waals surface area contributed by atoms with Gasteiger partial charge in [0, 0.05) is 0 Å². The lowest BCUT2D eigenvalue weighted by molar-refractivity contribution is -0.116. The molecule has 0 aliphatic heterocycles. The Bertz CT molecular complexity index is 437. The van der Waals surface area contributed by atoms with Crippen molar-refractivity contribution < 1.29 is 9.90 Å². The van der Waals surface area contributed by atoms with E-state index >= 15 is 0 Å². The van der Waals surface area contributed by atoms with E-state index in [4.69, 9.17) is 5.26 Å². The number of alkyl halides is 1. The third kappa shape index (κ3) is 2.69. The quantitative estimate of drug-likeness (QED) is 0.862. The molecule has 1 rings (SSSR count). The summed E-state index contributed by atoms with van der Waals surface area (Å²) in [5.41, 5.74) is 2.20. The van der Waals surface area contributed by atoms with Crippen molar-refractivity contribution in [3.63, 3.8) is 0 Å². The summed E-state index contributed by atoms with van der Waals surface area (Å²) >= 11 is 3.29. The largest absolute Gasteiger partial charge is 0.392 e. The highest BCUT2D eigenvalue weighted by Gasteiger charge is 2.18. The van der Waals surface area contributed by atoms with Gasteiger partial charge in [0.1, 0.15) is 5.78 Å². The number of carbonyl (C=O) groups is 1. The van der Waals surface area contributed by atoms with E-state index in [0.717, 1.165) is 11.1 Å². The first-order valence-electron chi connectivity index (χ1n) is 4.84. The number of rotatable bonds is 4. The summed E-state index contributed by atoms with van der Waals surface area (Å²) in [6.45, 7) is 1.36. The van der Waals surface area contributed by atoms with Crippen molar-refractivity contribution >= 4 is 21.7 Å². The monoisotopic (exact) mass is 281 g/mol. The Morgan fingerprint density at radius 3 is 2.81 bits per heavy atom. The van der Waals surface area contributed by atoms with Crippen LogP contribution in [0.25, 0.3) is 0 Å². The summed E-state index contributed by atoms with van der Waals surface area (Å²) in [5.74, 6) is -0.0192. The molecular formula is C12H12BrNO2. The molecule has 1 aromatic carbocycles. The Kier molecular flexibility index (Phi) is 4.66. The number of nitriles is 1. The van der Waals surface area contributed by atoms with Crippen LogP contribution in [0.15, 0.2) is 18.2 Å². The number of nitrogens with zero attached hydrogens (tertiary/aromatic N) is 1. The van der Waals surface area contributed by atoms with Crippen molar-refractivity contribution in [2.75, 3.05) is 0 Å². The molecule has 0 radical (unpaired) electrons. The van der Waals surface area contributed by atoms with Crippen LogP contribution < -0.4 is 0 Å². The maximum atomic E-state index is 11.3. The zero-order valence-electron chi connectivity index (χ0n) is 8.90. The lowest BCUT2D eigenvalue weighted by atomic mass is 9.96. The summed E-state index contributed by atoms with van der Waals surface area (Å²) in [6, 6.07) is 7.38. The Balaban J connectivity index is 3.27. The van der Waals surface area contributed by atoms with Crippen LogP contribution in [-0.4, -0.2) is 10.9 Å². The first kappa shape index (κ1) is 12.9. The third-order valence-electron chi connectivity index (χ3n) is 2.37. The van der Waals surface area contributed by atoms with Gasteiger partial charge in [0.05, 0.1) is 23.9 Å². The molecule has 0 bridgehead atoms. The van der Waals surface area contributed by atoms with Gasteiger partial charge >= 0.3 is 0 Å². The van der Waals surface area contributed by atoms with Gasteiger partial charge in [0.25, 0.3) is 0 Å². The van der Waals surface area contributed by atoms with Gasteiger partial charge in [-0.2, -0.15) is 5.26 Å². The van der Waals surface area contributed by atoms with Crippen molar-refractivity contribution in [1.29, 1.82) is 5.26 Å². The van der Waals surface area contributed by atoms with E-state index in [2.05, 4.69) is 15.9 Å². The van der Waals surface area contributed by atoms with E-state index in [-0.39, 0.29) is 18.8 Å². The predicted molar refractivity (Wildman–Crippen MR) is 64.0 cm³/mol. The predicted octanol–water partition coefficient (Wildman–Crippen LogP) is 2.27. The summed E-state index contributed by atoms with van der Waals surface area (Å²) < 4.78 is 0. The molecule has 0 amide bonds. The van der Waals surface area contributed by atoms with Crippen molar-refractivity contribution in [3.05, 3.63) is 34.9 Å². The number of hydrogen-bond acceptors (Lipinski definition) is 3. The number of Topliss-reactive ketones (excluding diaryl/α,β-unsaturated/α-hetero) is 1. The zero-order chi connectivity index (χ0) is 12.1. The number of halogens is 1. The molecule has 1 unspecified atom stereocenters. The van der Waals surface area contributed by atoms with E-state index < -0.39 is 4.83 Å². The van der Waals surface area contributed by atoms with Gasteiger partial charge in [-0.1, -0.05) is 34.1 Å². The maximum Gasteiger partial charge on any atom is 0.147 e. The minimum absolute atomic E-state index is 0.0192. The molecule has 0 saturated carbocycles. The van der Waals surface area contributed by atoms with Crippen LogP contribution in [0.2, 0.25) is 0 Å². The molecule has 1 atom stereocenters. The van der Waals surface area contributed by atoms with E-state index in [9.17, 15) is 9.90 Å². The second-order valence-electron chi connectivity index (χ2n) is 3.45.